The number of amides is 1. The van der Waals surface area contributed by atoms with Crippen molar-refractivity contribution in [1.29, 1.82) is 0 Å². The molecular formula is C17H33N3O. The van der Waals surface area contributed by atoms with E-state index in [2.05, 4.69) is 36.0 Å². The first-order valence-electron chi connectivity index (χ1n) is 8.90. The second-order valence-corrected chi connectivity index (χ2v) is 6.90. The van der Waals surface area contributed by atoms with Gasteiger partial charge in [-0.05, 0) is 51.7 Å². The Balaban J connectivity index is 1.92. The van der Waals surface area contributed by atoms with E-state index in [1.54, 1.807) is 0 Å². The van der Waals surface area contributed by atoms with Crippen LogP contribution in [0, 0.1) is 5.92 Å². The smallest absolute Gasteiger partial charge is 0.241 e. The quantitative estimate of drug-likeness (QED) is 0.783. The minimum atomic E-state index is 0.0766. The molecule has 0 spiro atoms. The van der Waals surface area contributed by atoms with E-state index in [1.807, 2.05) is 0 Å². The van der Waals surface area contributed by atoms with Gasteiger partial charge in [0.05, 0.1) is 12.2 Å². The molecule has 2 rings (SSSR count). The first kappa shape index (κ1) is 16.8. The van der Waals surface area contributed by atoms with Crippen LogP contribution in [0.5, 0.6) is 0 Å². The van der Waals surface area contributed by atoms with Crippen molar-refractivity contribution in [2.24, 2.45) is 5.92 Å². The highest BCUT2D eigenvalue weighted by Crippen LogP contribution is 2.24. The van der Waals surface area contributed by atoms with Crippen LogP contribution in [0.4, 0.5) is 0 Å². The summed E-state index contributed by atoms with van der Waals surface area (Å²) in [6.07, 6.45) is 8.28. The Morgan fingerprint density at radius 2 is 1.86 bits per heavy atom. The Morgan fingerprint density at radius 1 is 1.14 bits per heavy atom. The molecule has 0 saturated carbocycles. The molecule has 1 N–H and O–H groups in total. The lowest BCUT2D eigenvalue weighted by Gasteiger charge is -2.33. The lowest BCUT2D eigenvalue weighted by atomic mass is 9.96. The van der Waals surface area contributed by atoms with Crippen LogP contribution < -0.4 is 5.32 Å². The molecule has 122 valence electrons. The van der Waals surface area contributed by atoms with Gasteiger partial charge in [0.2, 0.25) is 5.91 Å². The van der Waals surface area contributed by atoms with Gasteiger partial charge in [-0.2, -0.15) is 0 Å². The maximum absolute atomic E-state index is 12.7. The number of carbonyl (C=O) groups excluding carboxylic acids is 1. The van der Waals surface area contributed by atoms with Crippen molar-refractivity contribution in [1.82, 2.24) is 15.1 Å². The van der Waals surface area contributed by atoms with Gasteiger partial charge in [0.1, 0.15) is 0 Å². The molecule has 4 nitrogen and oxygen atoms in total. The van der Waals surface area contributed by atoms with E-state index in [0.717, 1.165) is 32.2 Å². The second kappa shape index (κ2) is 8.14. The van der Waals surface area contributed by atoms with Gasteiger partial charge < -0.3 is 9.80 Å². The Hall–Kier alpha value is -0.610. The number of hydrogen-bond donors (Lipinski definition) is 1. The third-order valence-corrected chi connectivity index (χ3v) is 5.05. The number of carbonyl (C=O) groups is 1. The maximum atomic E-state index is 12.7. The van der Waals surface area contributed by atoms with E-state index in [4.69, 9.17) is 0 Å². The second-order valence-electron chi connectivity index (χ2n) is 6.90. The molecule has 2 atom stereocenters. The Morgan fingerprint density at radius 3 is 2.48 bits per heavy atom. The van der Waals surface area contributed by atoms with Gasteiger partial charge in [-0.3, -0.25) is 10.1 Å². The van der Waals surface area contributed by atoms with E-state index in [0.29, 0.717) is 11.8 Å². The summed E-state index contributed by atoms with van der Waals surface area (Å²) in [5.74, 6) is 1.05. The lowest BCUT2D eigenvalue weighted by molar-refractivity contribution is -0.131. The van der Waals surface area contributed by atoms with Crippen molar-refractivity contribution >= 4 is 5.91 Å². The van der Waals surface area contributed by atoms with Crippen LogP contribution in [0.15, 0.2) is 0 Å². The van der Waals surface area contributed by atoms with Crippen LogP contribution >= 0.6 is 0 Å². The van der Waals surface area contributed by atoms with Crippen LogP contribution in [0.25, 0.3) is 0 Å². The molecule has 0 radical (unpaired) electrons. The highest BCUT2D eigenvalue weighted by Gasteiger charge is 2.38. The molecular weight excluding hydrogens is 262 g/mol. The number of likely N-dealkylation sites (tertiary alicyclic amines) is 1. The van der Waals surface area contributed by atoms with E-state index >= 15 is 0 Å². The van der Waals surface area contributed by atoms with Gasteiger partial charge in [0, 0.05) is 6.54 Å². The van der Waals surface area contributed by atoms with Gasteiger partial charge in [0.25, 0.3) is 0 Å². The average molecular weight is 295 g/mol. The zero-order valence-corrected chi connectivity index (χ0v) is 14.1. The first-order valence-corrected chi connectivity index (χ1v) is 8.90. The van der Waals surface area contributed by atoms with E-state index < -0.39 is 0 Å². The molecule has 0 bridgehead atoms. The van der Waals surface area contributed by atoms with Crippen molar-refractivity contribution in [3.63, 3.8) is 0 Å². The standard InChI is InChI=1S/C17H33N3O/c1-4-6-8-15-17(21)20(16(18-15)7-5-2)13-14-9-11-19(3)12-10-14/h14-16,18H,4-13H2,1-3H3. The zero-order valence-electron chi connectivity index (χ0n) is 14.1. The molecule has 2 heterocycles. The fraction of sp³-hybridized carbons (Fsp3) is 0.941. The Bertz CT molecular complexity index is 326. The SMILES string of the molecule is CCCCC1NC(CCC)N(CC2CCN(C)CC2)C1=O. The van der Waals surface area contributed by atoms with Gasteiger partial charge in [0.15, 0.2) is 0 Å². The number of piperidine rings is 1. The predicted molar refractivity (Wildman–Crippen MR) is 87.1 cm³/mol. The van der Waals surface area contributed by atoms with E-state index in [9.17, 15) is 4.79 Å². The predicted octanol–water partition coefficient (Wildman–Crippen LogP) is 2.45. The summed E-state index contributed by atoms with van der Waals surface area (Å²) in [6, 6.07) is 0.0766. The maximum Gasteiger partial charge on any atom is 0.241 e. The number of unbranched alkanes of at least 4 members (excludes halogenated alkanes) is 1. The zero-order chi connectivity index (χ0) is 15.2. The Kier molecular flexibility index (Phi) is 6.49. The summed E-state index contributed by atoms with van der Waals surface area (Å²) in [5.41, 5.74) is 0. The number of rotatable bonds is 7. The number of hydrogen-bond acceptors (Lipinski definition) is 3. The van der Waals surface area contributed by atoms with Gasteiger partial charge in [-0.15, -0.1) is 0 Å². The molecule has 21 heavy (non-hydrogen) atoms. The molecule has 0 aromatic carbocycles. The van der Waals surface area contributed by atoms with Crippen molar-refractivity contribution in [2.45, 2.75) is 71.0 Å². The van der Waals surface area contributed by atoms with E-state index in [-0.39, 0.29) is 12.2 Å². The average Bonchev–Trinajstić information content (AvgIpc) is 2.76. The minimum Gasteiger partial charge on any atom is -0.326 e. The summed E-state index contributed by atoms with van der Waals surface area (Å²) in [4.78, 5) is 17.3. The van der Waals surface area contributed by atoms with Gasteiger partial charge in [-0.1, -0.05) is 33.1 Å². The van der Waals surface area contributed by atoms with Crippen LogP contribution in [0.1, 0.15) is 58.8 Å². The number of nitrogens with one attached hydrogen (secondary N) is 1. The molecule has 2 aliphatic rings. The molecule has 2 unspecified atom stereocenters. The summed E-state index contributed by atoms with van der Waals surface area (Å²) in [6.45, 7) is 7.72. The minimum absolute atomic E-state index is 0.0766. The molecule has 1 amide bonds. The summed E-state index contributed by atoms with van der Waals surface area (Å²) >= 11 is 0. The summed E-state index contributed by atoms with van der Waals surface area (Å²) in [5, 5.41) is 3.59. The largest absolute Gasteiger partial charge is 0.326 e. The topological polar surface area (TPSA) is 35.6 Å². The Labute approximate surface area is 130 Å². The summed E-state index contributed by atoms with van der Waals surface area (Å²) < 4.78 is 0. The molecule has 2 saturated heterocycles. The van der Waals surface area contributed by atoms with Crippen LogP contribution in [0.3, 0.4) is 0 Å². The first-order chi connectivity index (χ1) is 10.2. The lowest BCUT2D eigenvalue weighted by Crippen LogP contribution is -2.43. The van der Waals surface area contributed by atoms with Crippen molar-refractivity contribution in [3.05, 3.63) is 0 Å². The van der Waals surface area contributed by atoms with Gasteiger partial charge >= 0.3 is 0 Å². The van der Waals surface area contributed by atoms with E-state index in [1.165, 1.54) is 32.4 Å². The fourth-order valence-electron chi connectivity index (χ4n) is 3.61. The fourth-order valence-corrected chi connectivity index (χ4v) is 3.61. The molecule has 2 aliphatic heterocycles. The van der Waals surface area contributed by atoms with Crippen molar-refractivity contribution < 1.29 is 4.79 Å². The molecule has 4 heteroatoms. The van der Waals surface area contributed by atoms with Crippen LogP contribution in [-0.2, 0) is 4.79 Å². The third kappa shape index (κ3) is 4.43. The molecule has 0 aromatic rings. The highest BCUT2D eigenvalue weighted by molar-refractivity contribution is 5.84. The normalized spacial score (nSPS) is 28.5. The summed E-state index contributed by atoms with van der Waals surface area (Å²) in [7, 11) is 2.19. The van der Waals surface area contributed by atoms with Gasteiger partial charge in [-0.25, -0.2) is 0 Å². The highest BCUT2D eigenvalue weighted by atomic mass is 16.2. The van der Waals surface area contributed by atoms with Crippen LogP contribution in [0.2, 0.25) is 0 Å². The molecule has 2 fully saturated rings. The number of nitrogens with zero attached hydrogens (tertiary/aromatic N) is 2. The third-order valence-electron chi connectivity index (χ3n) is 5.05. The molecule has 0 aromatic heterocycles. The monoisotopic (exact) mass is 295 g/mol. The van der Waals surface area contributed by atoms with Crippen LogP contribution in [-0.4, -0.2) is 54.6 Å². The molecule has 0 aliphatic carbocycles. The van der Waals surface area contributed by atoms with Crippen molar-refractivity contribution in [2.75, 3.05) is 26.7 Å². The van der Waals surface area contributed by atoms with Crippen molar-refractivity contribution in [3.8, 4) is 0 Å².